The predicted octanol–water partition coefficient (Wildman–Crippen LogP) is 5.58. The lowest BCUT2D eigenvalue weighted by Gasteiger charge is -2.19. The van der Waals surface area contributed by atoms with Crippen molar-refractivity contribution in [3.05, 3.63) is 0 Å². The van der Waals surface area contributed by atoms with Gasteiger partial charge in [0, 0.05) is 6.61 Å². The van der Waals surface area contributed by atoms with E-state index in [-0.39, 0.29) is 5.60 Å². The van der Waals surface area contributed by atoms with Gasteiger partial charge in [0.05, 0.1) is 5.60 Å². The summed E-state index contributed by atoms with van der Waals surface area (Å²) in [5.74, 6) is 0.931. The van der Waals surface area contributed by atoms with Gasteiger partial charge < -0.3 is 4.74 Å². The van der Waals surface area contributed by atoms with Gasteiger partial charge in [-0.25, -0.2) is 0 Å². The smallest absolute Gasteiger partial charge is 0.0598 e. The van der Waals surface area contributed by atoms with E-state index < -0.39 is 0 Å². The Morgan fingerprint density at radius 3 is 2.06 bits per heavy atom. The Morgan fingerprint density at radius 2 is 1.47 bits per heavy atom. The lowest BCUT2D eigenvalue weighted by atomic mass is 9.97. The molecule has 1 atom stereocenters. The van der Waals surface area contributed by atoms with E-state index in [0.717, 1.165) is 12.5 Å². The maximum Gasteiger partial charge on any atom is 0.0598 e. The standard InChI is InChI=1S/C16H34O/c1-6-7-12-15(2)13-10-8-9-11-14-17-16(3,4)5/h15H,6-14H2,1-5H3. The fourth-order valence-electron chi connectivity index (χ4n) is 2.02. The molecule has 1 heteroatoms. The van der Waals surface area contributed by atoms with Gasteiger partial charge in [0.1, 0.15) is 0 Å². The zero-order valence-corrected chi connectivity index (χ0v) is 12.8. The third-order valence-electron chi connectivity index (χ3n) is 3.18. The Bertz CT molecular complexity index is 157. The maximum absolute atomic E-state index is 5.71. The van der Waals surface area contributed by atoms with E-state index in [9.17, 15) is 0 Å². The Labute approximate surface area is 109 Å². The van der Waals surface area contributed by atoms with Crippen molar-refractivity contribution in [2.75, 3.05) is 6.61 Å². The van der Waals surface area contributed by atoms with Gasteiger partial charge in [-0.05, 0) is 33.1 Å². The first-order chi connectivity index (χ1) is 7.95. The summed E-state index contributed by atoms with van der Waals surface area (Å²) < 4.78 is 5.71. The molecule has 0 radical (unpaired) electrons. The van der Waals surface area contributed by atoms with Gasteiger partial charge in [0.25, 0.3) is 0 Å². The molecule has 0 aromatic heterocycles. The summed E-state index contributed by atoms with van der Waals surface area (Å²) in [4.78, 5) is 0. The summed E-state index contributed by atoms with van der Waals surface area (Å²) in [6.07, 6.45) is 10.9. The number of unbranched alkanes of at least 4 members (excludes halogenated alkanes) is 4. The average Bonchev–Trinajstić information content (AvgIpc) is 2.23. The van der Waals surface area contributed by atoms with Gasteiger partial charge in [-0.15, -0.1) is 0 Å². The molecule has 0 heterocycles. The molecule has 0 spiro atoms. The van der Waals surface area contributed by atoms with Gasteiger partial charge in [-0.3, -0.25) is 0 Å². The van der Waals surface area contributed by atoms with Crippen molar-refractivity contribution in [3.8, 4) is 0 Å². The third-order valence-corrected chi connectivity index (χ3v) is 3.18. The van der Waals surface area contributed by atoms with Crippen LogP contribution in [0.25, 0.3) is 0 Å². The van der Waals surface area contributed by atoms with E-state index in [0.29, 0.717) is 0 Å². The minimum Gasteiger partial charge on any atom is -0.376 e. The molecule has 0 amide bonds. The van der Waals surface area contributed by atoms with E-state index in [1.54, 1.807) is 0 Å². The lowest BCUT2D eigenvalue weighted by molar-refractivity contribution is -0.00476. The van der Waals surface area contributed by atoms with Gasteiger partial charge in [-0.2, -0.15) is 0 Å². The second-order valence-corrected chi connectivity index (χ2v) is 6.41. The molecule has 0 aromatic rings. The van der Waals surface area contributed by atoms with Crippen LogP contribution in [0.5, 0.6) is 0 Å². The molecule has 1 nitrogen and oxygen atoms in total. The van der Waals surface area contributed by atoms with Crippen LogP contribution in [-0.2, 0) is 4.74 Å². The molecule has 0 aliphatic heterocycles. The number of ether oxygens (including phenoxy) is 1. The van der Waals surface area contributed by atoms with Gasteiger partial charge in [0.15, 0.2) is 0 Å². The van der Waals surface area contributed by atoms with Crippen molar-refractivity contribution in [1.82, 2.24) is 0 Å². The quantitative estimate of drug-likeness (QED) is 0.454. The normalized spacial score (nSPS) is 13.9. The Morgan fingerprint density at radius 1 is 0.882 bits per heavy atom. The number of hydrogen-bond donors (Lipinski definition) is 0. The summed E-state index contributed by atoms with van der Waals surface area (Å²) in [7, 11) is 0. The van der Waals surface area contributed by atoms with Crippen LogP contribution in [0.15, 0.2) is 0 Å². The lowest BCUT2D eigenvalue weighted by Crippen LogP contribution is -2.19. The van der Waals surface area contributed by atoms with Crippen molar-refractivity contribution < 1.29 is 4.74 Å². The maximum atomic E-state index is 5.71. The monoisotopic (exact) mass is 242 g/mol. The van der Waals surface area contributed by atoms with Gasteiger partial charge in [-0.1, -0.05) is 58.8 Å². The van der Waals surface area contributed by atoms with E-state index in [1.807, 2.05) is 0 Å². The van der Waals surface area contributed by atoms with Gasteiger partial charge >= 0.3 is 0 Å². The highest BCUT2D eigenvalue weighted by atomic mass is 16.5. The van der Waals surface area contributed by atoms with Crippen LogP contribution in [0, 0.1) is 5.92 Å². The molecule has 1 unspecified atom stereocenters. The second-order valence-electron chi connectivity index (χ2n) is 6.41. The molecule has 17 heavy (non-hydrogen) atoms. The summed E-state index contributed by atoms with van der Waals surface area (Å²) in [5, 5.41) is 0. The highest BCUT2D eigenvalue weighted by molar-refractivity contribution is 4.59. The Hall–Kier alpha value is -0.0400. The fourth-order valence-corrected chi connectivity index (χ4v) is 2.02. The predicted molar refractivity (Wildman–Crippen MR) is 77.5 cm³/mol. The molecule has 0 aliphatic carbocycles. The van der Waals surface area contributed by atoms with Crippen molar-refractivity contribution in [1.29, 1.82) is 0 Å². The molecule has 0 fully saturated rings. The highest BCUT2D eigenvalue weighted by Crippen LogP contribution is 2.16. The summed E-state index contributed by atoms with van der Waals surface area (Å²) in [5.41, 5.74) is 0.0364. The molecule has 0 aromatic carbocycles. The van der Waals surface area contributed by atoms with Crippen molar-refractivity contribution in [3.63, 3.8) is 0 Å². The fraction of sp³-hybridized carbons (Fsp3) is 1.00. The molecular weight excluding hydrogens is 208 g/mol. The molecule has 0 rings (SSSR count). The van der Waals surface area contributed by atoms with Crippen LogP contribution in [0.2, 0.25) is 0 Å². The SMILES string of the molecule is CCCCC(C)CCCCCCOC(C)(C)C. The van der Waals surface area contributed by atoms with Gasteiger partial charge in [0.2, 0.25) is 0 Å². The first-order valence-electron chi connectivity index (χ1n) is 7.59. The first kappa shape index (κ1) is 17.0. The van der Waals surface area contributed by atoms with Crippen molar-refractivity contribution >= 4 is 0 Å². The zero-order valence-electron chi connectivity index (χ0n) is 12.8. The molecule has 104 valence electrons. The molecule has 0 saturated carbocycles. The Balaban J connectivity index is 3.18. The van der Waals surface area contributed by atoms with Crippen LogP contribution >= 0.6 is 0 Å². The minimum atomic E-state index is 0.0364. The van der Waals surface area contributed by atoms with Crippen LogP contribution in [0.1, 0.15) is 86.0 Å². The van der Waals surface area contributed by atoms with Crippen LogP contribution in [0.4, 0.5) is 0 Å². The third kappa shape index (κ3) is 13.9. The van der Waals surface area contributed by atoms with Crippen molar-refractivity contribution in [2.24, 2.45) is 5.92 Å². The highest BCUT2D eigenvalue weighted by Gasteiger charge is 2.08. The largest absolute Gasteiger partial charge is 0.376 e. The molecule has 0 N–H and O–H groups in total. The van der Waals surface area contributed by atoms with E-state index in [4.69, 9.17) is 4.74 Å². The van der Waals surface area contributed by atoms with Crippen LogP contribution < -0.4 is 0 Å². The molecule has 0 aliphatic rings. The summed E-state index contributed by atoms with van der Waals surface area (Å²) in [6, 6.07) is 0. The minimum absolute atomic E-state index is 0.0364. The Kier molecular flexibility index (Phi) is 9.91. The number of hydrogen-bond acceptors (Lipinski definition) is 1. The summed E-state index contributed by atoms with van der Waals surface area (Å²) >= 11 is 0. The summed E-state index contributed by atoms with van der Waals surface area (Å²) in [6.45, 7) is 12.0. The second kappa shape index (κ2) is 9.94. The molecule has 0 bridgehead atoms. The first-order valence-corrected chi connectivity index (χ1v) is 7.59. The van der Waals surface area contributed by atoms with E-state index in [2.05, 4.69) is 34.6 Å². The number of rotatable bonds is 10. The molecular formula is C16H34O. The van der Waals surface area contributed by atoms with Crippen LogP contribution in [0.3, 0.4) is 0 Å². The van der Waals surface area contributed by atoms with E-state index in [1.165, 1.54) is 51.4 Å². The molecule has 0 saturated heterocycles. The topological polar surface area (TPSA) is 9.23 Å². The average molecular weight is 242 g/mol. The van der Waals surface area contributed by atoms with E-state index >= 15 is 0 Å². The zero-order chi connectivity index (χ0) is 13.1. The van der Waals surface area contributed by atoms with Crippen LogP contribution in [-0.4, -0.2) is 12.2 Å². The van der Waals surface area contributed by atoms with Crippen molar-refractivity contribution in [2.45, 2.75) is 91.6 Å².